The van der Waals surface area contributed by atoms with Gasteiger partial charge in [0.25, 0.3) is 0 Å². The molecule has 0 amide bonds. The third kappa shape index (κ3) is 2.62. The van der Waals surface area contributed by atoms with Gasteiger partial charge in [0.1, 0.15) is 5.75 Å². The molecule has 0 saturated heterocycles. The first-order valence-electron chi connectivity index (χ1n) is 8.84. The minimum atomic E-state index is -0.391. The highest BCUT2D eigenvalue weighted by Gasteiger charge is 2.52. The summed E-state index contributed by atoms with van der Waals surface area (Å²) in [6, 6.07) is 5.47. The van der Waals surface area contributed by atoms with E-state index in [0.717, 1.165) is 29.1 Å². The Morgan fingerprint density at radius 2 is 1.79 bits per heavy atom. The van der Waals surface area contributed by atoms with E-state index in [4.69, 9.17) is 4.74 Å². The van der Waals surface area contributed by atoms with Crippen molar-refractivity contribution in [3.8, 4) is 5.75 Å². The van der Waals surface area contributed by atoms with Crippen molar-refractivity contribution in [2.45, 2.75) is 43.9 Å². The van der Waals surface area contributed by atoms with Crippen molar-refractivity contribution in [2.24, 2.45) is 17.8 Å². The number of hydrogen-bond acceptors (Lipinski definition) is 4. The van der Waals surface area contributed by atoms with Crippen molar-refractivity contribution in [3.63, 3.8) is 0 Å². The maximum Gasteiger partial charge on any atom is 0.343 e. The molecule has 1 aromatic rings. The van der Waals surface area contributed by atoms with E-state index in [1.807, 2.05) is 18.4 Å². The van der Waals surface area contributed by atoms with Crippen molar-refractivity contribution in [1.82, 2.24) is 0 Å². The summed E-state index contributed by atoms with van der Waals surface area (Å²) in [4.78, 5) is 22.6. The van der Waals surface area contributed by atoms with E-state index in [-0.39, 0.29) is 12.0 Å². The molecule has 0 atom stereocenters. The van der Waals surface area contributed by atoms with Gasteiger partial charge in [-0.1, -0.05) is 0 Å². The fraction of sp³-hybridized carbons (Fsp3) is 0.600. The number of methoxy groups -OCH3 is 1. The van der Waals surface area contributed by atoms with Crippen LogP contribution in [0.15, 0.2) is 18.2 Å². The molecule has 4 heteroatoms. The molecule has 4 nitrogen and oxygen atoms in total. The van der Waals surface area contributed by atoms with Crippen molar-refractivity contribution < 1.29 is 19.1 Å². The molecule has 0 unspecified atom stereocenters. The van der Waals surface area contributed by atoms with Gasteiger partial charge in [0.15, 0.2) is 6.61 Å². The quantitative estimate of drug-likeness (QED) is 0.780. The Hall–Kier alpha value is -1.84. The number of rotatable bonds is 5. The number of carbonyl (C=O) groups is 1. The second-order valence-electron chi connectivity index (χ2n) is 7.88. The van der Waals surface area contributed by atoms with Gasteiger partial charge in [-0.3, -0.25) is 4.79 Å². The molecule has 1 radical (unpaired) electrons. The monoisotopic (exact) mass is 327 g/mol. The molecule has 4 saturated carbocycles. The van der Waals surface area contributed by atoms with Crippen LogP contribution in [-0.2, 0) is 19.7 Å². The molecule has 4 fully saturated rings. The predicted molar refractivity (Wildman–Crippen MR) is 88.6 cm³/mol. The minimum absolute atomic E-state index is 0.0972. The Kier molecular flexibility index (Phi) is 3.86. The Bertz CT molecular complexity index is 628. The summed E-state index contributed by atoms with van der Waals surface area (Å²) in [5, 5.41) is 0. The highest BCUT2D eigenvalue weighted by molar-refractivity contribution is 5.76. The van der Waals surface area contributed by atoms with Crippen LogP contribution >= 0.6 is 0 Å². The fourth-order valence-corrected chi connectivity index (χ4v) is 5.77. The molecule has 4 bridgehead atoms. The summed E-state index contributed by atoms with van der Waals surface area (Å²) in [7, 11) is 1.36. The normalized spacial score (nSPS) is 33.3. The highest BCUT2D eigenvalue weighted by Crippen LogP contribution is 2.61. The second-order valence-corrected chi connectivity index (χ2v) is 7.88. The first-order valence-corrected chi connectivity index (χ1v) is 8.84. The highest BCUT2D eigenvalue weighted by atomic mass is 16.6. The van der Waals surface area contributed by atoms with Gasteiger partial charge in [-0.25, -0.2) is 4.79 Å². The molecule has 1 aromatic carbocycles. The molecule has 0 heterocycles. The molecule has 24 heavy (non-hydrogen) atoms. The van der Waals surface area contributed by atoms with E-state index in [0.29, 0.717) is 5.56 Å². The second kappa shape index (κ2) is 5.91. The lowest BCUT2D eigenvalue weighted by Crippen LogP contribution is -2.48. The predicted octanol–water partition coefficient (Wildman–Crippen LogP) is 3.16. The lowest BCUT2D eigenvalue weighted by molar-refractivity contribution is -0.143. The summed E-state index contributed by atoms with van der Waals surface area (Å²) < 4.78 is 10.5. The first kappa shape index (κ1) is 15.7. The lowest BCUT2D eigenvalue weighted by atomic mass is 9.48. The average Bonchev–Trinajstić information content (AvgIpc) is 2.58. The number of ether oxygens (including phenoxy) is 2. The van der Waals surface area contributed by atoms with Gasteiger partial charge in [0.05, 0.1) is 7.11 Å². The average molecular weight is 327 g/mol. The van der Waals surface area contributed by atoms with E-state index in [1.165, 1.54) is 45.6 Å². The maximum atomic E-state index is 11.5. The Morgan fingerprint density at radius 1 is 1.17 bits per heavy atom. The molecule has 4 aliphatic rings. The third-order valence-electron chi connectivity index (χ3n) is 6.28. The third-order valence-corrected chi connectivity index (χ3v) is 6.28. The van der Waals surface area contributed by atoms with Gasteiger partial charge in [-0.2, -0.15) is 0 Å². The maximum absolute atomic E-state index is 11.5. The number of hydrogen-bond donors (Lipinski definition) is 0. The fourth-order valence-electron chi connectivity index (χ4n) is 5.77. The van der Waals surface area contributed by atoms with Crippen molar-refractivity contribution >= 4 is 12.3 Å². The SMILES string of the molecule is COC(=O)COc1ccc([C]=O)cc1C12CC3CC(CC(C3)C1)C2. The Balaban J connectivity index is 1.70. The number of benzene rings is 1. The largest absolute Gasteiger partial charge is 0.482 e. The Labute approximate surface area is 142 Å². The van der Waals surface area contributed by atoms with Gasteiger partial charge >= 0.3 is 5.97 Å². The molecule has 4 aliphatic carbocycles. The van der Waals surface area contributed by atoms with Crippen LogP contribution in [-0.4, -0.2) is 26.0 Å². The van der Waals surface area contributed by atoms with E-state index < -0.39 is 5.97 Å². The van der Waals surface area contributed by atoms with E-state index in [1.54, 1.807) is 6.07 Å². The molecular formula is C20H23O4. The van der Waals surface area contributed by atoms with Gasteiger partial charge in [-0.05, 0) is 79.9 Å². The topological polar surface area (TPSA) is 52.6 Å². The molecule has 0 aliphatic heterocycles. The molecular weight excluding hydrogens is 304 g/mol. The molecule has 5 rings (SSSR count). The molecule has 127 valence electrons. The minimum Gasteiger partial charge on any atom is -0.482 e. The summed E-state index contributed by atoms with van der Waals surface area (Å²) in [6.45, 7) is -0.0972. The van der Waals surface area contributed by atoms with Crippen molar-refractivity contribution in [2.75, 3.05) is 13.7 Å². The zero-order chi connectivity index (χ0) is 16.7. The standard InChI is InChI=1S/C20H23O4/c1-23-19(22)12-24-18-3-2-13(11-21)7-17(18)20-8-14-4-15(9-20)6-16(5-14)10-20/h2-3,7,14-16H,4-6,8-10,12H2,1H3. The van der Waals surface area contributed by atoms with Crippen LogP contribution in [0.1, 0.15) is 49.7 Å². The summed E-state index contributed by atoms with van der Waals surface area (Å²) >= 11 is 0. The first-order chi connectivity index (χ1) is 11.6. The smallest absolute Gasteiger partial charge is 0.343 e. The van der Waals surface area contributed by atoms with Gasteiger partial charge in [0.2, 0.25) is 6.29 Å². The van der Waals surface area contributed by atoms with Gasteiger partial charge in [0, 0.05) is 11.1 Å². The van der Waals surface area contributed by atoms with Crippen LogP contribution < -0.4 is 4.74 Å². The molecule has 0 N–H and O–H groups in total. The zero-order valence-electron chi connectivity index (χ0n) is 14.0. The lowest BCUT2D eigenvalue weighted by Gasteiger charge is -2.57. The van der Waals surface area contributed by atoms with Crippen LogP contribution in [0.3, 0.4) is 0 Å². The van der Waals surface area contributed by atoms with Crippen molar-refractivity contribution in [1.29, 1.82) is 0 Å². The van der Waals surface area contributed by atoms with Gasteiger partial charge in [-0.15, -0.1) is 0 Å². The number of carbonyl (C=O) groups excluding carboxylic acids is 2. The zero-order valence-corrected chi connectivity index (χ0v) is 14.0. The Morgan fingerprint density at radius 3 is 2.33 bits per heavy atom. The summed E-state index contributed by atoms with van der Waals surface area (Å²) in [6.07, 6.45) is 9.61. The van der Waals surface area contributed by atoms with Crippen LogP contribution in [0.2, 0.25) is 0 Å². The van der Waals surface area contributed by atoms with Gasteiger partial charge < -0.3 is 9.47 Å². The number of esters is 1. The van der Waals surface area contributed by atoms with Crippen LogP contribution in [0.5, 0.6) is 5.75 Å². The summed E-state index contributed by atoms with van der Waals surface area (Å²) in [5.41, 5.74) is 1.77. The molecule has 0 aromatic heterocycles. The molecule has 0 spiro atoms. The van der Waals surface area contributed by atoms with Crippen LogP contribution in [0.25, 0.3) is 0 Å². The summed E-state index contributed by atoms with van der Waals surface area (Å²) in [5.74, 6) is 2.73. The van der Waals surface area contributed by atoms with Crippen molar-refractivity contribution in [3.05, 3.63) is 29.3 Å². The van der Waals surface area contributed by atoms with E-state index in [2.05, 4.69) is 4.74 Å². The van der Waals surface area contributed by atoms with E-state index in [9.17, 15) is 9.59 Å². The van der Waals surface area contributed by atoms with Crippen LogP contribution in [0.4, 0.5) is 0 Å². The van der Waals surface area contributed by atoms with Crippen LogP contribution in [0, 0.1) is 17.8 Å². The van der Waals surface area contributed by atoms with E-state index >= 15 is 0 Å².